The molecule has 0 saturated heterocycles. The Balaban J connectivity index is 1.86. The van der Waals surface area contributed by atoms with Crippen LogP contribution in [0.3, 0.4) is 0 Å². The van der Waals surface area contributed by atoms with Crippen LogP contribution in [0, 0.1) is 10.6 Å². The minimum Gasteiger partial charge on any atom is -0.497 e. The van der Waals surface area contributed by atoms with Crippen molar-refractivity contribution in [2.24, 2.45) is 0 Å². The first-order chi connectivity index (χ1) is 13.5. The lowest BCUT2D eigenvalue weighted by Crippen LogP contribution is -2.22. The topological polar surface area (TPSA) is 35.2 Å². The first-order valence-corrected chi connectivity index (χ1v) is 9.28. The van der Waals surface area contributed by atoms with Crippen LogP contribution in [0.25, 0.3) is 11.4 Å². The zero-order valence-electron chi connectivity index (χ0n) is 16.0. The van der Waals surface area contributed by atoms with Gasteiger partial charge in [0, 0.05) is 18.7 Å². The molecule has 3 rings (SSSR count). The Morgan fingerprint density at radius 2 is 2.00 bits per heavy atom. The molecule has 7 heteroatoms. The molecule has 0 saturated carbocycles. The zero-order valence-corrected chi connectivity index (χ0v) is 16.8. The quantitative estimate of drug-likeness (QED) is 0.413. The number of ether oxygens (including phenoxy) is 1. The molecule has 5 nitrogen and oxygen atoms in total. The molecule has 28 heavy (non-hydrogen) atoms. The van der Waals surface area contributed by atoms with E-state index in [1.165, 1.54) is 12.1 Å². The van der Waals surface area contributed by atoms with Crippen molar-refractivity contribution in [3.8, 4) is 17.1 Å². The Morgan fingerprint density at radius 1 is 1.25 bits per heavy atom. The number of nitrogens with zero attached hydrogens (tertiary/aromatic N) is 4. The molecule has 1 heterocycles. The van der Waals surface area contributed by atoms with Crippen LogP contribution in [0.2, 0.25) is 0 Å². The van der Waals surface area contributed by atoms with Crippen LogP contribution < -0.4 is 4.74 Å². The Hall–Kier alpha value is -2.77. The van der Waals surface area contributed by atoms with Gasteiger partial charge in [-0.3, -0.25) is 9.47 Å². The predicted molar refractivity (Wildman–Crippen MR) is 111 cm³/mol. The summed E-state index contributed by atoms with van der Waals surface area (Å²) in [5.74, 6) is 1.32. The van der Waals surface area contributed by atoms with Crippen molar-refractivity contribution in [3.63, 3.8) is 0 Å². The van der Waals surface area contributed by atoms with E-state index in [1.807, 2.05) is 46.8 Å². The molecule has 2 aromatic carbocycles. The van der Waals surface area contributed by atoms with E-state index in [9.17, 15) is 4.39 Å². The van der Waals surface area contributed by atoms with Crippen molar-refractivity contribution in [2.45, 2.75) is 19.8 Å². The first kappa shape index (κ1) is 20.0. The number of aromatic nitrogens is 3. The van der Waals surface area contributed by atoms with Crippen LogP contribution in [-0.4, -0.2) is 33.4 Å². The summed E-state index contributed by atoms with van der Waals surface area (Å²) in [7, 11) is 3.59. The summed E-state index contributed by atoms with van der Waals surface area (Å²) in [5, 5.41) is 4.72. The SMILES string of the molecule is C=CCn1c(-c2ccc(OC)cc2)nn(CN(C)Cc2cccc(F)c2)c1=S. The Kier molecular flexibility index (Phi) is 6.38. The zero-order chi connectivity index (χ0) is 20.1. The van der Waals surface area contributed by atoms with Crippen LogP contribution in [0.5, 0.6) is 5.75 Å². The molecular formula is C21H23FN4OS. The fourth-order valence-electron chi connectivity index (χ4n) is 3.01. The third-order valence-electron chi connectivity index (χ3n) is 4.30. The maximum absolute atomic E-state index is 13.4. The van der Waals surface area contributed by atoms with Gasteiger partial charge in [0.25, 0.3) is 0 Å². The average Bonchev–Trinajstić information content (AvgIpc) is 2.98. The summed E-state index contributed by atoms with van der Waals surface area (Å²) in [6.45, 7) is 5.46. The highest BCUT2D eigenvalue weighted by atomic mass is 32.1. The predicted octanol–water partition coefficient (Wildman–Crippen LogP) is 4.50. The number of allylic oxidation sites excluding steroid dienone is 1. The fraction of sp³-hybridized carbons (Fsp3) is 0.238. The van der Waals surface area contributed by atoms with Gasteiger partial charge < -0.3 is 4.74 Å². The summed E-state index contributed by atoms with van der Waals surface area (Å²) < 4.78 is 23.0. The molecule has 0 amide bonds. The lowest BCUT2D eigenvalue weighted by atomic mass is 10.2. The number of halogens is 1. The van der Waals surface area contributed by atoms with E-state index in [0.717, 1.165) is 22.7 Å². The van der Waals surface area contributed by atoms with E-state index in [-0.39, 0.29) is 5.82 Å². The first-order valence-electron chi connectivity index (χ1n) is 8.87. The summed E-state index contributed by atoms with van der Waals surface area (Å²) in [6.07, 6.45) is 1.80. The maximum atomic E-state index is 13.4. The van der Waals surface area contributed by atoms with Crippen molar-refractivity contribution in [1.29, 1.82) is 0 Å². The molecule has 0 aliphatic heterocycles. The minimum absolute atomic E-state index is 0.237. The van der Waals surface area contributed by atoms with E-state index in [0.29, 0.717) is 24.5 Å². The van der Waals surface area contributed by atoms with Gasteiger partial charge in [0.15, 0.2) is 10.6 Å². The van der Waals surface area contributed by atoms with Gasteiger partial charge in [-0.2, -0.15) is 5.10 Å². The van der Waals surface area contributed by atoms with Crippen LogP contribution in [0.15, 0.2) is 61.2 Å². The fourth-order valence-corrected chi connectivity index (χ4v) is 3.27. The number of hydrogen-bond acceptors (Lipinski definition) is 4. The molecule has 0 aliphatic carbocycles. The molecular weight excluding hydrogens is 375 g/mol. The lowest BCUT2D eigenvalue weighted by Gasteiger charge is -2.16. The number of methoxy groups -OCH3 is 1. The van der Waals surface area contributed by atoms with Crippen molar-refractivity contribution in [3.05, 3.63) is 77.3 Å². The molecule has 0 fully saturated rings. The van der Waals surface area contributed by atoms with Gasteiger partial charge in [0.1, 0.15) is 11.6 Å². The summed E-state index contributed by atoms with van der Waals surface area (Å²) in [6, 6.07) is 14.3. The van der Waals surface area contributed by atoms with Crippen LogP contribution in [0.1, 0.15) is 5.56 Å². The third-order valence-corrected chi connectivity index (χ3v) is 4.73. The van der Waals surface area contributed by atoms with Gasteiger partial charge in [-0.15, -0.1) is 6.58 Å². The van der Waals surface area contributed by atoms with E-state index in [1.54, 1.807) is 23.9 Å². The Labute approximate surface area is 169 Å². The highest BCUT2D eigenvalue weighted by molar-refractivity contribution is 7.71. The van der Waals surface area contributed by atoms with Gasteiger partial charge in [0.05, 0.1) is 13.8 Å². The second kappa shape index (κ2) is 8.95. The second-order valence-electron chi connectivity index (χ2n) is 6.52. The minimum atomic E-state index is -0.237. The van der Waals surface area contributed by atoms with Crippen molar-refractivity contribution >= 4 is 12.2 Å². The van der Waals surface area contributed by atoms with Crippen LogP contribution in [-0.2, 0) is 19.8 Å². The molecule has 0 bridgehead atoms. The molecule has 0 aliphatic rings. The van der Waals surface area contributed by atoms with Crippen molar-refractivity contribution < 1.29 is 9.13 Å². The van der Waals surface area contributed by atoms with Gasteiger partial charge in [-0.25, -0.2) is 9.07 Å². The molecule has 3 aromatic rings. The number of hydrogen-bond donors (Lipinski definition) is 0. The summed E-state index contributed by atoms with van der Waals surface area (Å²) in [5.41, 5.74) is 1.84. The Morgan fingerprint density at radius 3 is 2.64 bits per heavy atom. The monoisotopic (exact) mass is 398 g/mol. The maximum Gasteiger partial charge on any atom is 0.199 e. The molecule has 0 atom stereocenters. The lowest BCUT2D eigenvalue weighted by molar-refractivity contribution is 0.243. The van der Waals surface area contributed by atoms with Gasteiger partial charge in [-0.1, -0.05) is 18.2 Å². The van der Waals surface area contributed by atoms with E-state index in [2.05, 4.69) is 6.58 Å². The molecule has 1 aromatic heterocycles. The second-order valence-corrected chi connectivity index (χ2v) is 6.88. The normalized spacial score (nSPS) is 11.0. The van der Waals surface area contributed by atoms with Gasteiger partial charge >= 0.3 is 0 Å². The highest BCUT2D eigenvalue weighted by Gasteiger charge is 2.13. The molecule has 0 radical (unpaired) electrons. The number of benzene rings is 2. The third kappa shape index (κ3) is 4.55. The molecule has 0 spiro atoms. The van der Waals surface area contributed by atoms with Crippen molar-refractivity contribution in [2.75, 3.05) is 14.2 Å². The molecule has 0 unspecified atom stereocenters. The van der Waals surface area contributed by atoms with E-state index in [4.69, 9.17) is 22.1 Å². The molecule has 0 N–H and O–H groups in total. The standard InChI is InChI=1S/C21H23FN4OS/c1-4-12-25-20(17-8-10-19(27-3)11-9-17)23-26(21(25)28)15-24(2)14-16-6-5-7-18(22)13-16/h4-11,13H,1,12,14-15H2,2-3H3. The Bertz CT molecular complexity index is 1010. The van der Waals surface area contributed by atoms with E-state index >= 15 is 0 Å². The molecule has 146 valence electrons. The van der Waals surface area contributed by atoms with Gasteiger partial charge in [-0.05, 0) is 61.2 Å². The highest BCUT2D eigenvalue weighted by Crippen LogP contribution is 2.22. The van der Waals surface area contributed by atoms with Gasteiger partial charge in [0.2, 0.25) is 0 Å². The van der Waals surface area contributed by atoms with Crippen molar-refractivity contribution in [1.82, 2.24) is 19.2 Å². The summed E-state index contributed by atoms with van der Waals surface area (Å²) in [4.78, 5) is 2.04. The summed E-state index contributed by atoms with van der Waals surface area (Å²) >= 11 is 5.63. The number of rotatable bonds is 8. The van der Waals surface area contributed by atoms with Crippen LogP contribution >= 0.6 is 12.2 Å². The average molecular weight is 399 g/mol. The largest absolute Gasteiger partial charge is 0.497 e. The van der Waals surface area contributed by atoms with E-state index < -0.39 is 0 Å². The van der Waals surface area contributed by atoms with Crippen LogP contribution in [0.4, 0.5) is 4.39 Å². The smallest absolute Gasteiger partial charge is 0.199 e.